The van der Waals surface area contributed by atoms with Crippen molar-refractivity contribution >= 4 is 32.6 Å². The van der Waals surface area contributed by atoms with Gasteiger partial charge >= 0.3 is 0 Å². The van der Waals surface area contributed by atoms with Gasteiger partial charge in [0.2, 0.25) is 5.91 Å². The maximum absolute atomic E-state index is 12.4. The standard InChI is InChI=1S/C20H18BrNO/c1-22(20(23)13-15-7-10-19(21)11-8-15)14-16-6-9-17-4-2-3-5-18(17)12-16/h2-12H,13-14H2,1H3. The molecule has 0 N–H and O–H groups in total. The Kier molecular flexibility index (Phi) is 4.77. The van der Waals surface area contributed by atoms with Crippen LogP contribution in [0.25, 0.3) is 10.8 Å². The van der Waals surface area contributed by atoms with Crippen molar-refractivity contribution in [2.24, 2.45) is 0 Å². The fourth-order valence-electron chi connectivity index (χ4n) is 2.61. The van der Waals surface area contributed by atoms with Gasteiger partial charge in [-0.2, -0.15) is 0 Å². The minimum Gasteiger partial charge on any atom is -0.341 e. The molecule has 0 radical (unpaired) electrons. The maximum atomic E-state index is 12.4. The molecule has 3 aromatic rings. The highest BCUT2D eigenvalue weighted by molar-refractivity contribution is 9.10. The first-order chi connectivity index (χ1) is 11.1. The molecular weight excluding hydrogens is 350 g/mol. The van der Waals surface area contributed by atoms with Crippen molar-refractivity contribution in [2.75, 3.05) is 7.05 Å². The molecule has 0 aromatic heterocycles. The molecule has 23 heavy (non-hydrogen) atoms. The average molecular weight is 368 g/mol. The summed E-state index contributed by atoms with van der Waals surface area (Å²) < 4.78 is 1.03. The SMILES string of the molecule is CN(Cc1ccc2ccccc2c1)C(=O)Cc1ccc(Br)cc1. The normalized spacial score (nSPS) is 10.7. The van der Waals surface area contributed by atoms with Gasteiger partial charge in [-0.1, -0.05) is 64.5 Å². The van der Waals surface area contributed by atoms with Gasteiger partial charge in [0.25, 0.3) is 0 Å². The van der Waals surface area contributed by atoms with E-state index in [4.69, 9.17) is 0 Å². The van der Waals surface area contributed by atoms with Crippen LogP contribution in [0.1, 0.15) is 11.1 Å². The monoisotopic (exact) mass is 367 g/mol. The first-order valence-electron chi connectivity index (χ1n) is 7.58. The smallest absolute Gasteiger partial charge is 0.227 e. The topological polar surface area (TPSA) is 20.3 Å². The lowest BCUT2D eigenvalue weighted by molar-refractivity contribution is -0.129. The van der Waals surface area contributed by atoms with Gasteiger partial charge in [-0.3, -0.25) is 4.79 Å². The number of nitrogens with zero attached hydrogens (tertiary/aromatic N) is 1. The summed E-state index contributed by atoms with van der Waals surface area (Å²) in [6.07, 6.45) is 0.428. The summed E-state index contributed by atoms with van der Waals surface area (Å²) in [5, 5.41) is 2.43. The molecule has 0 heterocycles. The Morgan fingerprint density at radius 2 is 1.57 bits per heavy atom. The van der Waals surface area contributed by atoms with Crippen LogP contribution >= 0.6 is 15.9 Å². The molecule has 116 valence electrons. The number of fused-ring (bicyclic) bond motifs is 1. The van der Waals surface area contributed by atoms with Gasteiger partial charge in [0.15, 0.2) is 0 Å². The van der Waals surface area contributed by atoms with Gasteiger partial charge in [0.1, 0.15) is 0 Å². The van der Waals surface area contributed by atoms with E-state index < -0.39 is 0 Å². The zero-order valence-electron chi connectivity index (χ0n) is 13.0. The molecule has 0 spiro atoms. The summed E-state index contributed by atoms with van der Waals surface area (Å²) in [4.78, 5) is 14.2. The summed E-state index contributed by atoms with van der Waals surface area (Å²) in [5.74, 6) is 0.125. The highest BCUT2D eigenvalue weighted by Crippen LogP contribution is 2.17. The Hall–Kier alpha value is -2.13. The average Bonchev–Trinajstić information content (AvgIpc) is 2.56. The molecule has 0 atom stereocenters. The van der Waals surface area contributed by atoms with Crippen LogP contribution < -0.4 is 0 Å². The van der Waals surface area contributed by atoms with E-state index in [1.807, 2.05) is 43.4 Å². The zero-order chi connectivity index (χ0) is 16.2. The van der Waals surface area contributed by atoms with Gasteiger partial charge in [-0.15, -0.1) is 0 Å². The van der Waals surface area contributed by atoms with E-state index in [2.05, 4.69) is 46.3 Å². The van der Waals surface area contributed by atoms with Crippen LogP contribution in [0, 0.1) is 0 Å². The molecule has 3 rings (SSSR count). The summed E-state index contributed by atoms with van der Waals surface area (Å²) in [5.41, 5.74) is 2.18. The molecule has 0 unspecified atom stereocenters. The summed E-state index contributed by atoms with van der Waals surface area (Å²) in [6.45, 7) is 0.625. The predicted octanol–water partition coefficient (Wildman–Crippen LogP) is 4.80. The first-order valence-corrected chi connectivity index (χ1v) is 8.37. The van der Waals surface area contributed by atoms with E-state index in [1.165, 1.54) is 10.8 Å². The van der Waals surface area contributed by atoms with Crippen LogP contribution in [0.5, 0.6) is 0 Å². The van der Waals surface area contributed by atoms with Gasteiger partial charge in [0, 0.05) is 18.1 Å². The molecule has 0 aliphatic heterocycles. The number of amides is 1. The lowest BCUT2D eigenvalue weighted by Crippen LogP contribution is -2.27. The van der Waals surface area contributed by atoms with E-state index in [-0.39, 0.29) is 5.91 Å². The van der Waals surface area contributed by atoms with Gasteiger partial charge in [-0.25, -0.2) is 0 Å². The fraction of sp³-hybridized carbons (Fsp3) is 0.150. The zero-order valence-corrected chi connectivity index (χ0v) is 14.6. The molecule has 3 aromatic carbocycles. The Balaban J connectivity index is 1.68. The molecule has 0 bridgehead atoms. The molecule has 0 saturated carbocycles. The van der Waals surface area contributed by atoms with Crippen LogP contribution in [0.15, 0.2) is 71.2 Å². The summed E-state index contributed by atoms with van der Waals surface area (Å²) in [6, 6.07) is 22.5. The molecular formula is C20H18BrNO. The van der Waals surface area contributed by atoms with E-state index in [9.17, 15) is 4.79 Å². The second kappa shape index (κ2) is 6.97. The van der Waals surface area contributed by atoms with Crippen molar-refractivity contribution in [1.29, 1.82) is 0 Å². The highest BCUT2D eigenvalue weighted by Gasteiger charge is 2.10. The Morgan fingerprint density at radius 3 is 2.30 bits per heavy atom. The third-order valence-electron chi connectivity index (χ3n) is 3.93. The van der Waals surface area contributed by atoms with Crippen molar-refractivity contribution in [3.8, 4) is 0 Å². The fourth-order valence-corrected chi connectivity index (χ4v) is 2.88. The third-order valence-corrected chi connectivity index (χ3v) is 4.46. The van der Waals surface area contributed by atoms with E-state index in [1.54, 1.807) is 4.90 Å². The Labute approximate surface area is 144 Å². The van der Waals surface area contributed by atoms with Crippen LogP contribution in [0.2, 0.25) is 0 Å². The van der Waals surface area contributed by atoms with Gasteiger partial charge in [-0.05, 0) is 40.1 Å². The van der Waals surface area contributed by atoms with Crippen LogP contribution in [-0.4, -0.2) is 17.9 Å². The Bertz CT molecular complexity index is 826. The minimum atomic E-state index is 0.125. The first kappa shape index (κ1) is 15.8. The number of hydrogen-bond acceptors (Lipinski definition) is 1. The molecule has 0 saturated heterocycles. The van der Waals surface area contributed by atoms with Crippen molar-refractivity contribution in [2.45, 2.75) is 13.0 Å². The van der Waals surface area contributed by atoms with Crippen molar-refractivity contribution in [3.63, 3.8) is 0 Å². The largest absolute Gasteiger partial charge is 0.341 e. The third kappa shape index (κ3) is 3.99. The second-order valence-electron chi connectivity index (χ2n) is 5.73. The quantitative estimate of drug-likeness (QED) is 0.648. The Morgan fingerprint density at radius 1 is 0.913 bits per heavy atom. The summed E-state index contributed by atoms with van der Waals surface area (Å²) in [7, 11) is 1.86. The highest BCUT2D eigenvalue weighted by atomic mass is 79.9. The maximum Gasteiger partial charge on any atom is 0.227 e. The van der Waals surface area contributed by atoms with Crippen LogP contribution in [0.3, 0.4) is 0 Å². The number of carbonyl (C=O) groups excluding carboxylic acids is 1. The predicted molar refractivity (Wildman–Crippen MR) is 98.3 cm³/mol. The van der Waals surface area contributed by atoms with Crippen LogP contribution in [0.4, 0.5) is 0 Å². The van der Waals surface area contributed by atoms with E-state index in [0.717, 1.165) is 15.6 Å². The lowest BCUT2D eigenvalue weighted by Gasteiger charge is -2.18. The molecule has 2 nitrogen and oxygen atoms in total. The number of halogens is 1. The van der Waals surface area contributed by atoms with Gasteiger partial charge in [0.05, 0.1) is 6.42 Å². The van der Waals surface area contributed by atoms with Gasteiger partial charge < -0.3 is 4.90 Å². The molecule has 0 fully saturated rings. The summed E-state index contributed by atoms with van der Waals surface area (Å²) >= 11 is 3.41. The van der Waals surface area contributed by atoms with Crippen LogP contribution in [-0.2, 0) is 17.8 Å². The van der Waals surface area contributed by atoms with Crippen molar-refractivity contribution in [3.05, 3.63) is 82.3 Å². The number of hydrogen-bond donors (Lipinski definition) is 0. The molecule has 0 aliphatic carbocycles. The number of benzene rings is 3. The van der Waals surface area contributed by atoms with Crippen molar-refractivity contribution < 1.29 is 4.79 Å². The second-order valence-corrected chi connectivity index (χ2v) is 6.65. The van der Waals surface area contributed by atoms with E-state index >= 15 is 0 Å². The number of likely N-dealkylation sites (N-methyl/N-ethyl adjacent to an activating group) is 1. The number of carbonyl (C=O) groups is 1. The van der Waals surface area contributed by atoms with E-state index in [0.29, 0.717) is 13.0 Å². The van der Waals surface area contributed by atoms with Crippen molar-refractivity contribution in [1.82, 2.24) is 4.90 Å². The molecule has 0 aliphatic rings. The number of rotatable bonds is 4. The molecule has 1 amide bonds. The molecule has 3 heteroatoms. The lowest BCUT2D eigenvalue weighted by atomic mass is 10.1. The minimum absolute atomic E-state index is 0.125.